The molecule has 0 radical (unpaired) electrons. The van der Waals surface area contributed by atoms with Gasteiger partial charge in [-0.15, -0.1) is 0 Å². The van der Waals surface area contributed by atoms with Gasteiger partial charge in [-0.3, -0.25) is 4.79 Å². The van der Waals surface area contributed by atoms with Gasteiger partial charge in [0.25, 0.3) is 5.88 Å². The predicted molar refractivity (Wildman–Crippen MR) is 61.0 cm³/mol. The third kappa shape index (κ3) is 2.23. The first kappa shape index (κ1) is 11.8. The normalized spacial score (nSPS) is 16.3. The summed E-state index contributed by atoms with van der Waals surface area (Å²) in [6.07, 6.45) is 4.26. The van der Waals surface area contributed by atoms with Crippen LogP contribution in [0.3, 0.4) is 0 Å². The molecular weight excluding hydrogens is 220 g/mol. The summed E-state index contributed by atoms with van der Waals surface area (Å²) in [6, 6.07) is 0. The molecule has 0 spiro atoms. The zero-order valence-corrected chi connectivity index (χ0v) is 9.81. The summed E-state index contributed by atoms with van der Waals surface area (Å²) >= 11 is 0. The summed E-state index contributed by atoms with van der Waals surface area (Å²) in [5.74, 6) is -0.855. The minimum atomic E-state index is -0.502. The Morgan fingerprint density at radius 3 is 2.53 bits per heavy atom. The van der Waals surface area contributed by atoms with E-state index in [9.17, 15) is 15.0 Å². The second-order valence-electron chi connectivity index (χ2n) is 4.36. The molecule has 0 unspecified atom stereocenters. The first-order valence-electron chi connectivity index (χ1n) is 5.96. The number of aromatic hydroxyl groups is 2. The van der Waals surface area contributed by atoms with Crippen molar-refractivity contribution in [1.29, 1.82) is 0 Å². The maximum Gasteiger partial charge on any atom is 0.258 e. The van der Waals surface area contributed by atoms with Crippen molar-refractivity contribution < 1.29 is 15.0 Å². The average Bonchev–Trinajstić information content (AvgIpc) is 2.85. The molecule has 0 atom stereocenters. The second kappa shape index (κ2) is 4.69. The molecular formula is C12H16N2O3. The van der Waals surface area contributed by atoms with Gasteiger partial charge in [-0.1, -0.05) is 19.8 Å². The first-order valence-corrected chi connectivity index (χ1v) is 5.96. The highest BCUT2D eigenvalue weighted by Gasteiger charge is 2.28. The lowest BCUT2D eigenvalue weighted by atomic mass is 9.99. The maximum atomic E-state index is 12.1. The van der Waals surface area contributed by atoms with Crippen LogP contribution < -0.4 is 0 Å². The third-order valence-corrected chi connectivity index (χ3v) is 3.19. The Morgan fingerprint density at radius 2 is 1.94 bits per heavy atom. The molecule has 0 aromatic carbocycles. The van der Waals surface area contributed by atoms with Gasteiger partial charge in [0.2, 0.25) is 5.75 Å². The number of aryl methyl sites for hydroxylation is 1. The lowest BCUT2D eigenvalue weighted by molar-refractivity contribution is 0.0913. The molecule has 2 N–H and O–H groups in total. The van der Waals surface area contributed by atoms with Crippen LogP contribution in [0.4, 0.5) is 0 Å². The monoisotopic (exact) mass is 236 g/mol. The van der Waals surface area contributed by atoms with Gasteiger partial charge in [-0.2, -0.15) is 4.98 Å². The maximum absolute atomic E-state index is 12.1. The number of nitrogens with zero attached hydrogens (tertiary/aromatic N) is 2. The number of Topliss-reactive ketones (excluding diaryl/α,β-unsaturated/α-hetero) is 1. The highest BCUT2D eigenvalue weighted by Crippen LogP contribution is 2.32. The molecule has 1 aliphatic rings. The minimum absolute atomic E-state index is 0.0266. The topological polar surface area (TPSA) is 83.3 Å². The van der Waals surface area contributed by atoms with E-state index >= 15 is 0 Å². The molecule has 5 nitrogen and oxygen atoms in total. The lowest BCUT2D eigenvalue weighted by Gasteiger charge is -2.10. The number of carbonyl (C=O) groups excluding carboxylic acids is 1. The van der Waals surface area contributed by atoms with Crippen molar-refractivity contribution in [3.63, 3.8) is 0 Å². The van der Waals surface area contributed by atoms with Crippen LogP contribution in [0.2, 0.25) is 0 Å². The van der Waals surface area contributed by atoms with Gasteiger partial charge >= 0.3 is 0 Å². The van der Waals surface area contributed by atoms with Crippen molar-refractivity contribution in [2.75, 3.05) is 0 Å². The Morgan fingerprint density at radius 1 is 1.29 bits per heavy atom. The average molecular weight is 236 g/mol. The van der Waals surface area contributed by atoms with E-state index in [2.05, 4.69) is 9.97 Å². The third-order valence-electron chi connectivity index (χ3n) is 3.19. The lowest BCUT2D eigenvalue weighted by Crippen LogP contribution is -2.14. The van der Waals surface area contributed by atoms with Gasteiger partial charge in [0, 0.05) is 12.3 Å². The number of rotatable bonds is 3. The van der Waals surface area contributed by atoms with E-state index in [1.807, 2.05) is 6.92 Å². The second-order valence-corrected chi connectivity index (χ2v) is 4.36. The van der Waals surface area contributed by atoms with Gasteiger partial charge in [-0.05, 0) is 12.8 Å². The van der Waals surface area contributed by atoms with Crippen molar-refractivity contribution >= 4 is 5.78 Å². The molecule has 0 amide bonds. The quantitative estimate of drug-likeness (QED) is 0.782. The largest absolute Gasteiger partial charge is 0.502 e. The summed E-state index contributed by atoms with van der Waals surface area (Å²) in [5, 5.41) is 19.1. The van der Waals surface area contributed by atoms with Crippen molar-refractivity contribution in [2.45, 2.75) is 39.0 Å². The van der Waals surface area contributed by atoms with Crippen LogP contribution in [-0.2, 0) is 6.42 Å². The van der Waals surface area contributed by atoms with E-state index < -0.39 is 11.6 Å². The van der Waals surface area contributed by atoms with Crippen LogP contribution in [0.1, 0.15) is 48.9 Å². The van der Waals surface area contributed by atoms with Gasteiger partial charge in [0.05, 0.1) is 0 Å². The molecule has 0 bridgehead atoms. The number of hydrogen-bond donors (Lipinski definition) is 2. The van der Waals surface area contributed by atoms with Crippen LogP contribution in [0, 0.1) is 5.92 Å². The molecule has 1 heterocycles. The Labute approximate surface area is 99.5 Å². The number of hydrogen-bond acceptors (Lipinski definition) is 5. The van der Waals surface area contributed by atoms with E-state index in [-0.39, 0.29) is 17.4 Å². The zero-order chi connectivity index (χ0) is 12.4. The summed E-state index contributed by atoms with van der Waals surface area (Å²) in [4.78, 5) is 19.9. The molecule has 2 rings (SSSR count). The summed E-state index contributed by atoms with van der Waals surface area (Å²) in [5.41, 5.74) is -0.0266. The van der Waals surface area contributed by atoms with Crippen LogP contribution >= 0.6 is 0 Å². The molecule has 5 heteroatoms. The van der Waals surface area contributed by atoms with E-state index in [4.69, 9.17) is 0 Å². The Balaban J connectivity index is 2.36. The van der Waals surface area contributed by atoms with Crippen molar-refractivity contribution in [2.24, 2.45) is 5.92 Å². The molecule has 0 saturated heterocycles. The van der Waals surface area contributed by atoms with Gasteiger partial charge in [-0.25, -0.2) is 4.98 Å². The van der Waals surface area contributed by atoms with Crippen LogP contribution in [0.25, 0.3) is 0 Å². The van der Waals surface area contributed by atoms with Crippen LogP contribution in [-0.4, -0.2) is 26.0 Å². The number of ketones is 1. The molecule has 1 aromatic rings. The van der Waals surface area contributed by atoms with Gasteiger partial charge in [0.15, 0.2) is 11.5 Å². The molecule has 17 heavy (non-hydrogen) atoms. The Hall–Kier alpha value is -1.65. The fraction of sp³-hybridized carbons (Fsp3) is 0.583. The summed E-state index contributed by atoms with van der Waals surface area (Å²) in [7, 11) is 0. The van der Waals surface area contributed by atoms with E-state index in [0.717, 1.165) is 25.7 Å². The Bertz CT molecular complexity index is 440. The van der Waals surface area contributed by atoms with Crippen LogP contribution in [0.5, 0.6) is 11.6 Å². The highest BCUT2D eigenvalue weighted by atomic mass is 16.3. The highest BCUT2D eigenvalue weighted by molar-refractivity contribution is 5.99. The van der Waals surface area contributed by atoms with Gasteiger partial charge in [0.1, 0.15) is 5.82 Å². The molecule has 92 valence electrons. The van der Waals surface area contributed by atoms with Crippen molar-refractivity contribution in [3.05, 3.63) is 11.5 Å². The van der Waals surface area contributed by atoms with E-state index in [1.54, 1.807) is 0 Å². The van der Waals surface area contributed by atoms with Gasteiger partial charge < -0.3 is 10.2 Å². The number of carbonyl (C=O) groups is 1. The molecule has 1 aliphatic carbocycles. The fourth-order valence-corrected chi connectivity index (χ4v) is 2.20. The predicted octanol–water partition coefficient (Wildman–Crippen LogP) is 1.82. The molecule has 1 fully saturated rings. The summed E-state index contributed by atoms with van der Waals surface area (Å²) < 4.78 is 0. The zero-order valence-electron chi connectivity index (χ0n) is 9.81. The van der Waals surface area contributed by atoms with Crippen LogP contribution in [0.15, 0.2) is 0 Å². The first-order chi connectivity index (χ1) is 8.13. The molecule has 1 saturated carbocycles. The summed E-state index contributed by atoms with van der Waals surface area (Å²) in [6.45, 7) is 1.83. The standard InChI is InChI=1S/C12H16N2O3/c1-2-8-13-9(11(16)12(17)14-8)10(15)7-5-3-4-6-7/h7,16H,2-6H2,1H3,(H,13,14,17). The molecule has 1 aromatic heterocycles. The smallest absolute Gasteiger partial charge is 0.258 e. The van der Waals surface area contributed by atoms with E-state index in [1.165, 1.54) is 0 Å². The Kier molecular flexibility index (Phi) is 3.26. The SMILES string of the molecule is CCc1nc(O)c(O)c(C(=O)C2CCCC2)n1. The number of aromatic nitrogens is 2. The molecule has 0 aliphatic heterocycles. The fourth-order valence-electron chi connectivity index (χ4n) is 2.20. The van der Waals surface area contributed by atoms with E-state index in [0.29, 0.717) is 12.2 Å². The minimum Gasteiger partial charge on any atom is -0.502 e. The van der Waals surface area contributed by atoms with Crippen molar-refractivity contribution in [3.8, 4) is 11.6 Å². The van der Waals surface area contributed by atoms with Crippen molar-refractivity contribution in [1.82, 2.24) is 9.97 Å².